The fraction of sp³-hybridized carbons (Fsp3) is 0.600. The Morgan fingerprint density at radius 1 is 0.808 bits per heavy atom. The van der Waals surface area contributed by atoms with Crippen molar-refractivity contribution in [3.05, 3.63) is 18.2 Å². The molecule has 0 fully saturated rings. The highest BCUT2D eigenvalue weighted by Crippen LogP contribution is 2.37. The van der Waals surface area contributed by atoms with E-state index in [1.807, 2.05) is 6.92 Å². The molecule has 0 radical (unpaired) electrons. The zero-order valence-corrected chi connectivity index (χ0v) is 16.0. The van der Waals surface area contributed by atoms with Crippen LogP contribution in [0.15, 0.2) is 18.2 Å². The van der Waals surface area contributed by atoms with Crippen LogP contribution in [0.1, 0.15) is 58.3 Å². The van der Waals surface area contributed by atoms with Crippen molar-refractivity contribution in [1.29, 1.82) is 0 Å². The number of ether oxygens (including phenoxy) is 4. The molecule has 0 heterocycles. The van der Waals surface area contributed by atoms with Gasteiger partial charge in [-0.15, -0.1) is 0 Å². The Bertz CT molecular complexity index is 533. The van der Waals surface area contributed by atoms with Crippen molar-refractivity contribution < 1.29 is 28.5 Å². The molecule has 146 valence electrons. The topological polar surface area (TPSA) is 71.1 Å². The van der Waals surface area contributed by atoms with E-state index in [-0.39, 0.29) is 11.9 Å². The molecule has 0 atom stereocenters. The van der Waals surface area contributed by atoms with Crippen molar-refractivity contribution in [3.63, 3.8) is 0 Å². The lowest BCUT2D eigenvalue weighted by Crippen LogP contribution is -2.09. The minimum absolute atomic E-state index is 0.123. The second-order valence-electron chi connectivity index (χ2n) is 5.89. The van der Waals surface area contributed by atoms with Crippen molar-refractivity contribution in [2.24, 2.45) is 0 Å². The van der Waals surface area contributed by atoms with Crippen LogP contribution in [0, 0.1) is 0 Å². The molecule has 1 aromatic rings. The number of carbonyl (C=O) groups is 2. The quantitative estimate of drug-likeness (QED) is 0.295. The number of hydrogen-bond acceptors (Lipinski definition) is 6. The molecule has 6 nitrogen and oxygen atoms in total. The first-order valence-corrected chi connectivity index (χ1v) is 9.19. The van der Waals surface area contributed by atoms with Gasteiger partial charge in [0.15, 0.2) is 11.5 Å². The molecule has 1 aromatic carbocycles. The SMILES string of the molecule is CCOC(=O)CCCCCCCCC(=O)Oc1c(OC)cccc1OC. The van der Waals surface area contributed by atoms with Crippen molar-refractivity contribution >= 4 is 11.9 Å². The summed E-state index contributed by atoms with van der Waals surface area (Å²) in [4.78, 5) is 23.2. The standard InChI is InChI=1S/C20H30O6/c1-4-25-18(21)14-9-7-5-6-8-10-15-19(22)26-20-16(23-2)12-11-13-17(20)24-3/h11-13H,4-10,14-15H2,1-3H3. The van der Waals surface area contributed by atoms with Gasteiger partial charge in [-0.2, -0.15) is 0 Å². The summed E-state index contributed by atoms with van der Waals surface area (Å²) in [6.45, 7) is 2.25. The van der Waals surface area contributed by atoms with Crippen LogP contribution in [-0.2, 0) is 14.3 Å². The molecule has 0 N–H and O–H groups in total. The lowest BCUT2D eigenvalue weighted by atomic mass is 10.1. The molecule has 1 rings (SSSR count). The number of benzene rings is 1. The van der Waals surface area contributed by atoms with E-state index in [2.05, 4.69) is 0 Å². The second-order valence-corrected chi connectivity index (χ2v) is 5.89. The van der Waals surface area contributed by atoms with Crippen molar-refractivity contribution in [2.45, 2.75) is 58.3 Å². The summed E-state index contributed by atoms with van der Waals surface area (Å²) >= 11 is 0. The van der Waals surface area contributed by atoms with Gasteiger partial charge in [-0.25, -0.2) is 0 Å². The molecule has 0 saturated heterocycles. The third-order valence-electron chi connectivity index (χ3n) is 3.92. The van der Waals surface area contributed by atoms with Crippen LogP contribution in [0.2, 0.25) is 0 Å². The summed E-state index contributed by atoms with van der Waals surface area (Å²) in [7, 11) is 3.04. The summed E-state index contributed by atoms with van der Waals surface area (Å²) in [6.07, 6.45) is 6.51. The van der Waals surface area contributed by atoms with Crippen molar-refractivity contribution in [2.75, 3.05) is 20.8 Å². The normalized spacial score (nSPS) is 10.3. The van der Waals surface area contributed by atoms with Gasteiger partial charge in [-0.05, 0) is 31.9 Å². The van der Waals surface area contributed by atoms with Gasteiger partial charge in [-0.3, -0.25) is 9.59 Å². The molecule has 0 aliphatic heterocycles. The highest BCUT2D eigenvalue weighted by Gasteiger charge is 2.15. The zero-order chi connectivity index (χ0) is 19.2. The number of carbonyl (C=O) groups excluding carboxylic acids is 2. The highest BCUT2D eigenvalue weighted by atomic mass is 16.6. The number of hydrogen-bond donors (Lipinski definition) is 0. The first-order chi connectivity index (χ1) is 12.6. The first-order valence-electron chi connectivity index (χ1n) is 9.19. The number of rotatable bonds is 13. The predicted molar refractivity (Wildman–Crippen MR) is 98.8 cm³/mol. The molecule has 6 heteroatoms. The maximum absolute atomic E-state index is 12.0. The summed E-state index contributed by atoms with van der Waals surface area (Å²) in [5.41, 5.74) is 0. The number of methoxy groups -OCH3 is 2. The van der Waals surface area contributed by atoms with E-state index in [0.29, 0.717) is 36.7 Å². The fourth-order valence-electron chi connectivity index (χ4n) is 2.56. The summed E-state index contributed by atoms with van der Waals surface area (Å²) < 4.78 is 20.7. The molecule has 0 aromatic heterocycles. The molecule has 0 spiro atoms. The van der Waals surface area contributed by atoms with E-state index >= 15 is 0 Å². The van der Waals surface area contributed by atoms with Gasteiger partial charge in [0.25, 0.3) is 0 Å². The van der Waals surface area contributed by atoms with Crippen LogP contribution in [0.5, 0.6) is 17.2 Å². The Morgan fingerprint density at radius 2 is 1.31 bits per heavy atom. The van der Waals surface area contributed by atoms with Crippen LogP contribution in [0.4, 0.5) is 0 Å². The Labute approximate surface area is 155 Å². The predicted octanol–water partition coefficient (Wildman–Crippen LogP) is 4.29. The van der Waals surface area contributed by atoms with Gasteiger partial charge in [0, 0.05) is 12.8 Å². The minimum Gasteiger partial charge on any atom is -0.493 e. The van der Waals surface area contributed by atoms with E-state index < -0.39 is 0 Å². The number of para-hydroxylation sites is 1. The number of unbranched alkanes of at least 4 members (excludes halogenated alkanes) is 5. The Kier molecular flexibility index (Phi) is 10.9. The third-order valence-corrected chi connectivity index (χ3v) is 3.92. The van der Waals surface area contributed by atoms with E-state index in [1.54, 1.807) is 18.2 Å². The molecule has 0 bridgehead atoms. The van der Waals surface area contributed by atoms with Gasteiger partial charge in [0.05, 0.1) is 20.8 Å². The van der Waals surface area contributed by atoms with Gasteiger partial charge < -0.3 is 18.9 Å². The summed E-state index contributed by atoms with van der Waals surface area (Å²) in [5, 5.41) is 0. The molecule has 0 aliphatic carbocycles. The Morgan fingerprint density at radius 3 is 1.81 bits per heavy atom. The van der Waals surface area contributed by atoms with E-state index in [1.165, 1.54) is 14.2 Å². The van der Waals surface area contributed by atoms with Crippen LogP contribution in [0.3, 0.4) is 0 Å². The average molecular weight is 366 g/mol. The maximum atomic E-state index is 12.0. The Balaban J connectivity index is 2.19. The maximum Gasteiger partial charge on any atom is 0.311 e. The number of esters is 2. The average Bonchev–Trinajstić information content (AvgIpc) is 2.64. The summed E-state index contributed by atoms with van der Waals surface area (Å²) in [6, 6.07) is 5.22. The van der Waals surface area contributed by atoms with Gasteiger partial charge >= 0.3 is 11.9 Å². The highest BCUT2D eigenvalue weighted by molar-refractivity contribution is 5.74. The second kappa shape index (κ2) is 13.0. The largest absolute Gasteiger partial charge is 0.493 e. The van der Waals surface area contributed by atoms with E-state index in [0.717, 1.165) is 38.5 Å². The zero-order valence-electron chi connectivity index (χ0n) is 16.0. The van der Waals surface area contributed by atoms with Crippen molar-refractivity contribution in [1.82, 2.24) is 0 Å². The first kappa shape index (κ1) is 21.8. The van der Waals surface area contributed by atoms with E-state index in [9.17, 15) is 9.59 Å². The van der Waals surface area contributed by atoms with Crippen LogP contribution in [0.25, 0.3) is 0 Å². The Hall–Kier alpha value is -2.24. The molecular formula is C20H30O6. The van der Waals surface area contributed by atoms with Gasteiger partial charge in [0.2, 0.25) is 5.75 Å². The monoisotopic (exact) mass is 366 g/mol. The minimum atomic E-state index is -0.296. The summed E-state index contributed by atoms with van der Waals surface area (Å²) in [5.74, 6) is 0.845. The van der Waals surface area contributed by atoms with Crippen molar-refractivity contribution in [3.8, 4) is 17.2 Å². The van der Waals surface area contributed by atoms with E-state index in [4.69, 9.17) is 18.9 Å². The van der Waals surface area contributed by atoms with Gasteiger partial charge in [0.1, 0.15) is 0 Å². The molecule has 0 aliphatic rings. The van der Waals surface area contributed by atoms with Crippen LogP contribution >= 0.6 is 0 Å². The van der Waals surface area contributed by atoms with Gasteiger partial charge in [-0.1, -0.05) is 31.7 Å². The smallest absolute Gasteiger partial charge is 0.311 e. The lowest BCUT2D eigenvalue weighted by molar-refractivity contribution is -0.143. The van der Waals surface area contributed by atoms with Crippen LogP contribution < -0.4 is 14.2 Å². The molecule has 0 amide bonds. The lowest BCUT2D eigenvalue weighted by Gasteiger charge is -2.12. The van der Waals surface area contributed by atoms with Crippen LogP contribution in [-0.4, -0.2) is 32.8 Å². The molecule has 0 saturated carbocycles. The molecule has 26 heavy (non-hydrogen) atoms. The molecule has 0 unspecified atom stereocenters. The third kappa shape index (κ3) is 8.23. The fourth-order valence-corrected chi connectivity index (χ4v) is 2.56. The molecular weight excluding hydrogens is 336 g/mol.